The molecule has 0 aliphatic carbocycles. The molecule has 0 atom stereocenters. The second-order valence-electron chi connectivity index (χ2n) is 2.76. The Morgan fingerprint density at radius 1 is 1.64 bits per heavy atom. The molecule has 11 heavy (non-hydrogen) atoms. The lowest BCUT2D eigenvalue weighted by Crippen LogP contribution is -2.23. The topological polar surface area (TPSA) is 35.2 Å². The normalized spacial score (nSPS) is 12.0. The van der Waals surface area contributed by atoms with Gasteiger partial charge in [-0.1, -0.05) is 11.6 Å². The van der Waals surface area contributed by atoms with Gasteiger partial charge in [0.2, 0.25) is 0 Å². The lowest BCUT2D eigenvalue weighted by molar-refractivity contribution is -0.0208. The van der Waals surface area contributed by atoms with Gasteiger partial charge in [-0.2, -0.15) is 0 Å². The van der Waals surface area contributed by atoms with Gasteiger partial charge in [0.1, 0.15) is 5.60 Å². The Labute approximate surface area is 74.9 Å². The van der Waals surface area contributed by atoms with Crippen molar-refractivity contribution in [2.24, 2.45) is 5.90 Å². The van der Waals surface area contributed by atoms with Crippen LogP contribution < -0.4 is 5.90 Å². The molecule has 0 spiro atoms. The first-order chi connectivity index (χ1) is 5.06. The van der Waals surface area contributed by atoms with Crippen molar-refractivity contribution in [3.8, 4) is 0 Å². The van der Waals surface area contributed by atoms with E-state index in [1.807, 2.05) is 25.3 Å². The summed E-state index contributed by atoms with van der Waals surface area (Å²) in [6.45, 7) is 3.80. The van der Waals surface area contributed by atoms with Crippen molar-refractivity contribution in [2.75, 3.05) is 0 Å². The quantitative estimate of drug-likeness (QED) is 0.730. The molecule has 1 rings (SSSR count). The van der Waals surface area contributed by atoms with E-state index in [2.05, 4.69) is 0 Å². The monoisotopic (exact) mass is 191 g/mol. The Kier molecular flexibility index (Phi) is 2.54. The Balaban J connectivity index is 2.92. The molecule has 2 nitrogen and oxygen atoms in total. The molecule has 0 saturated heterocycles. The number of hydrogen-bond donors (Lipinski definition) is 1. The minimum absolute atomic E-state index is 0.433. The molecule has 0 aliphatic heterocycles. The number of nitrogens with two attached hydrogens (primary N) is 1. The molecule has 0 fully saturated rings. The molecule has 0 amide bonds. The molecule has 0 bridgehead atoms. The van der Waals surface area contributed by atoms with E-state index < -0.39 is 5.60 Å². The first-order valence-corrected chi connectivity index (χ1v) is 4.44. The average molecular weight is 192 g/mol. The minimum atomic E-state index is -0.433. The van der Waals surface area contributed by atoms with Gasteiger partial charge in [0.05, 0.1) is 5.02 Å². The van der Waals surface area contributed by atoms with Crippen molar-refractivity contribution >= 4 is 22.9 Å². The zero-order chi connectivity index (χ0) is 8.48. The zero-order valence-corrected chi connectivity index (χ0v) is 8.00. The molecule has 1 heterocycles. The maximum atomic E-state index is 5.74. The highest BCUT2D eigenvalue weighted by Gasteiger charge is 2.22. The summed E-state index contributed by atoms with van der Waals surface area (Å²) in [4.78, 5) is 5.82. The van der Waals surface area contributed by atoms with Gasteiger partial charge in [-0.3, -0.25) is 4.84 Å². The minimum Gasteiger partial charge on any atom is -0.293 e. The zero-order valence-electron chi connectivity index (χ0n) is 6.43. The summed E-state index contributed by atoms with van der Waals surface area (Å²) in [5, 5.41) is 2.59. The molecule has 62 valence electrons. The first-order valence-electron chi connectivity index (χ1n) is 3.18. The fraction of sp³-hybridized carbons (Fsp3) is 0.429. The van der Waals surface area contributed by atoms with E-state index in [1.165, 1.54) is 0 Å². The molecule has 0 aliphatic rings. The third-order valence-electron chi connectivity index (χ3n) is 1.46. The van der Waals surface area contributed by atoms with Crippen LogP contribution in [0.3, 0.4) is 0 Å². The first kappa shape index (κ1) is 9.00. The second kappa shape index (κ2) is 3.11. The molecular weight excluding hydrogens is 182 g/mol. The summed E-state index contributed by atoms with van der Waals surface area (Å²) in [7, 11) is 0. The average Bonchev–Trinajstić information content (AvgIpc) is 2.36. The lowest BCUT2D eigenvalue weighted by Gasteiger charge is -2.19. The lowest BCUT2D eigenvalue weighted by atomic mass is 10.1. The van der Waals surface area contributed by atoms with Crippen LogP contribution in [-0.4, -0.2) is 0 Å². The number of halogens is 1. The molecule has 4 heteroatoms. The molecule has 0 unspecified atom stereocenters. The standard InChI is InChI=1S/C7H10ClNOS/c1-7(2,10-9)6-3-5(8)4-11-6/h3-4H,9H2,1-2H3. The van der Waals surface area contributed by atoms with Crippen LogP contribution in [0, 0.1) is 0 Å². The molecule has 0 saturated carbocycles. The van der Waals surface area contributed by atoms with Crippen molar-refractivity contribution in [1.29, 1.82) is 0 Å². The van der Waals surface area contributed by atoms with Crippen LogP contribution in [0.5, 0.6) is 0 Å². The molecule has 0 radical (unpaired) electrons. The van der Waals surface area contributed by atoms with Crippen LogP contribution in [0.4, 0.5) is 0 Å². The summed E-state index contributed by atoms with van der Waals surface area (Å²) >= 11 is 7.28. The van der Waals surface area contributed by atoms with Gasteiger partial charge < -0.3 is 0 Å². The highest BCUT2D eigenvalue weighted by molar-refractivity contribution is 7.10. The maximum absolute atomic E-state index is 5.74. The summed E-state index contributed by atoms with van der Waals surface area (Å²) < 4.78 is 0. The summed E-state index contributed by atoms with van der Waals surface area (Å²) in [6.07, 6.45) is 0. The van der Waals surface area contributed by atoms with Gasteiger partial charge in [-0.05, 0) is 19.9 Å². The van der Waals surface area contributed by atoms with Gasteiger partial charge in [0.15, 0.2) is 0 Å². The SMILES string of the molecule is CC(C)(ON)c1cc(Cl)cs1. The predicted molar refractivity (Wildman–Crippen MR) is 47.6 cm³/mol. The van der Waals surface area contributed by atoms with Crippen LogP contribution in [0.1, 0.15) is 18.7 Å². The van der Waals surface area contributed by atoms with Crippen LogP contribution in [0.15, 0.2) is 11.4 Å². The summed E-state index contributed by atoms with van der Waals surface area (Å²) in [6, 6.07) is 1.86. The molecular formula is C7H10ClNOS. The maximum Gasteiger partial charge on any atom is 0.118 e. The van der Waals surface area contributed by atoms with Crippen molar-refractivity contribution in [3.63, 3.8) is 0 Å². The van der Waals surface area contributed by atoms with E-state index >= 15 is 0 Å². The van der Waals surface area contributed by atoms with E-state index in [9.17, 15) is 0 Å². The van der Waals surface area contributed by atoms with Crippen LogP contribution in [-0.2, 0) is 10.4 Å². The van der Waals surface area contributed by atoms with Gasteiger partial charge >= 0.3 is 0 Å². The third-order valence-corrected chi connectivity index (χ3v) is 3.04. The molecule has 2 N–H and O–H groups in total. The Morgan fingerprint density at radius 3 is 2.64 bits per heavy atom. The Morgan fingerprint density at radius 2 is 2.27 bits per heavy atom. The second-order valence-corrected chi connectivity index (χ2v) is 4.11. The molecule has 1 aromatic heterocycles. The molecule has 1 aromatic rings. The van der Waals surface area contributed by atoms with Gasteiger partial charge in [-0.15, -0.1) is 11.3 Å². The van der Waals surface area contributed by atoms with Gasteiger partial charge in [0.25, 0.3) is 0 Å². The van der Waals surface area contributed by atoms with Crippen molar-refractivity contribution in [1.82, 2.24) is 0 Å². The number of rotatable bonds is 2. The smallest absolute Gasteiger partial charge is 0.118 e. The fourth-order valence-corrected chi connectivity index (χ4v) is 1.83. The highest BCUT2D eigenvalue weighted by Crippen LogP contribution is 2.30. The largest absolute Gasteiger partial charge is 0.293 e. The van der Waals surface area contributed by atoms with E-state index in [4.69, 9.17) is 22.3 Å². The van der Waals surface area contributed by atoms with E-state index in [0.717, 1.165) is 9.90 Å². The Hall–Kier alpha value is -0.0900. The third kappa shape index (κ3) is 1.93. The summed E-state index contributed by atoms with van der Waals surface area (Å²) in [5.41, 5.74) is -0.433. The van der Waals surface area contributed by atoms with Crippen LogP contribution >= 0.6 is 22.9 Å². The van der Waals surface area contributed by atoms with E-state index in [0.29, 0.717) is 0 Å². The van der Waals surface area contributed by atoms with Gasteiger partial charge in [0, 0.05) is 10.3 Å². The summed E-state index contributed by atoms with van der Waals surface area (Å²) in [5.74, 6) is 5.11. The van der Waals surface area contributed by atoms with Crippen molar-refractivity contribution in [2.45, 2.75) is 19.4 Å². The fourth-order valence-electron chi connectivity index (χ4n) is 0.687. The van der Waals surface area contributed by atoms with Gasteiger partial charge in [-0.25, -0.2) is 5.90 Å². The van der Waals surface area contributed by atoms with E-state index in [-0.39, 0.29) is 0 Å². The van der Waals surface area contributed by atoms with Crippen molar-refractivity contribution < 1.29 is 4.84 Å². The number of thiophene rings is 1. The van der Waals surface area contributed by atoms with Crippen LogP contribution in [0.25, 0.3) is 0 Å². The number of hydrogen-bond acceptors (Lipinski definition) is 3. The highest BCUT2D eigenvalue weighted by atomic mass is 35.5. The predicted octanol–water partition coefficient (Wildman–Crippen LogP) is 2.53. The molecule has 0 aromatic carbocycles. The Bertz CT molecular complexity index is 246. The van der Waals surface area contributed by atoms with E-state index in [1.54, 1.807) is 11.3 Å². The van der Waals surface area contributed by atoms with Crippen LogP contribution in [0.2, 0.25) is 5.02 Å². The van der Waals surface area contributed by atoms with Crippen molar-refractivity contribution in [3.05, 3.63) is 21.3 Å².